The summed E-state index contributed by atoms with van der Waals surface area (Å²) in [5, 5.41) is 36.6. The second kappa shape index (κ2) is 12.2. The summed E-state index contributed by atoms with van der Waals surface area (Å²) in [5.74, 6) is 0.0976. The highest BCUT2D eigenvalue weighted by molar-refractivity contribution is 5.81. The zero-order valence-corrected chi connectivity index (χ0v) is 22.5. The van der Waals surface area contributed by atoms with Gasteiger partial charge in [-0.25, -0.2) is 9.97 Å². The van der Waals surface area contributed by atoms with Gasteiger partial charge in [0.05, 0.1) is 64.9 Å². The van der Waals surface area contributed by atoms with E-state index < -0.39 is 4.92 Å². The zero-order valence-electron chi connectivity index (χ0n) is 22.5. The third-order valence-electron chi connectivity index (χ3n) is 5.93. The molecule has 0 spiro atoms. The zero-order chi connectivity index (χ0) is 31.2. The van der Waals surface area contributed by atoms with Gasteiger partial charge in [0.25, 0.3) is 0 Å². The molecule has 0 aliphatic carbocycles. The van der Waals surface area contributed by atoms with Gasteiger partial charge in [0, 0.05) is 41.5 Å². The Balaban J connectivity index is 0.000000175. The lowest BCUT2D eigenvalue weighted by molar-refractivity contribution is -0.383. The van der Waals surface area contributed by atoms with Gasteiger partial charge < -0.3 is 26.0 Å². The van der Waals surface area contributed by atoms with Crippen molar-refractivity contribution in [2.75, 3.05) is 17.2 Å². The first kappa shape index (κ1) is 28.4. The van der Waals surface area contributed by atoms with E-state index in [0.717, 1.165) is 11.1 Å². The molecule has 0 saturated carbocycles. The average molecular weight is 593 g/mol. The van der Waals surface area contributed by atoms with E-state index in [-0.39, 0.29) is 47.8 Å². The van der Waals surface area contributed by atoms with Crippen LogP contribution in [0.4, 0.5) is 23.0 Å². The lowest BCUT2D eigenvalue weighted by atomic mass is 10.1. The minimum Gasteiger partial charge on any atom is -0.430 e. The fourth-order valence-corrected chi connectivity index (χ4v) is 3.90. The molecule has 6 heterocycles. The number of aromatic nitrogens is 8. The normalized spacial score (nSPS) is 10.4. The molecule has 0 amide bonds. The Hall–Kier alpha value is -7.08. The highest BCUT2D eigenvalue weighted by Crippen LogP contribution is 2.33. The lowest BCUT2D eigenvalue weighted by Crippen LogP contribution is -2.00. The Labute approximate surface area is 246 Å². The standard InChI is InChI=1S/C13H9N7O3.C13H11N7O/c14-3-1-9-7-23-13(18-9)19-6-8(5-17-19)10-2-4-16-12(15)11(10)20(21)22;14-3-1-9-7-21-13(19-9)20-6-8(5-18-20)10-2-4-17-12(16)11(10)15/h2,4-7H,1H2,(H2,15,16);2,4-7H,1,15H2,(H2,16,17). The summed E-state index contributed by atoms with van der Waals surface area (Å²) in [6.45, 7) is 0. The molecular formula is C26H20N14O4. The number of nitriles is 2. The molecule has 0 atom stereocenters. The molecule has 0 radical (unpaired) electrons. The highest BCUT2D eigenvalue weighted by Gasteiger charge is 2.22. The highest BCUT2D eigenvalue weighted by atomic mass is 16.6. The third kappa shape index (κ3) is 5.84. The second-order valence-corrected chi connectivity index (χ2v) is 8.77. The van der Waals surface area contributed by atoms with E-state index in [2.05, 4.69) is 30.1 Å². The fourth-order valence-electron chi connectivity index (χ4n) is 3.90. The number of nitro groups is 1. The van der Waals surface area contributed by atoms with E-state index in [9.17, 15) is 10.1 Å². The van der Waals surface area contributed by atoms with Crippen molar-refractivity contribution in [1.82, 2.24) is 39.5 Å². The number of anilines is 3. The van der Waals surface area contributed by atoms with Crippen LogP contribution in [0.25, 0.3) is 34.3 Å². The molecule has 0 aliphatic heterocycles. The second-order valence-electron chi connectivity index (χ2n) is 8.77. The van der Waals surface area contributed by atoms with Crippen LogP contribution < -0.4 is 17.2 Å². The minimum atomic E-state index is -0.592. The number of nitrogens with two attached hydrogens (primary N) is 3. The molecule has 0 saturated heterocycles. The van der Waals surface area contributed by atoms with Crippen LogP contribution in [0.2, 0.25) is 0 Å². The molecule has 6 aromatic rings. The van der Waals surface area contributed by atoms with E-state index in [1.54, 1.807) is 24.7 Å². The van der Waals surface area contributed by atoms with Crippen LogP contribution in [0.1, 0.15) is 11.4 Å². The fraction of sp³-hybridized carbons (Fsp3) is 0.0769. The number of hydrogen-bond acceptors (Lipinski definition) is 15. The van der Waals surface area contributed by atoms with Crippen molar-refractivity contribution in [1.29, 1.82) is 10.5 Å². The number of oxazole rings is 2. The van der Waals surface area contributed by atoms with Crippen molar-refractivity contribution in [2.24, 2.45) is 0 Å². The van der Waals surface area contributed by atoms with Crippen LogP contribution in [-0.2, 0) is 12.8 Å². The first-order valence-electron chi connectivity index (χ1n) is 12.4. The van der Waals surface area contributed by atoms with Crippen molar-refractivity contribution in [3.63, 3.8) is 0 Å². The largest absolute Gasteiger partial charge is 0.430 e. The lowest BCUT2D eigenvalue weighted by Gasteiger charge is -2.04. The van der Waals surface area contributed by atoms with Crippen molar-refractivity contribution in [3.05, 3.63) is 83.3 Å². The summed E-state index contributed by atoms with van der Waals surface area (Å²) < 4.78 is 13.3. The van der Waals surface area contributed by atoms with E-state index in [1.807, 2.05) is 12.1 Å². The molecule has 0 aliphatic rings. The topological polar surface area (TPSA) is 282 Å². The van der Waals surface area contributed by atoms with Crippen molar-refractivity contribution >= 4 is 23.0 Å². The summed E-state index contributed by atoms with van der Waals surface area (Å²) in [5.41, 5.74) is 20.6. The maximum atomic E-state index is 11.2. The Bertz CT molecular complexity index is 2040. The summed E-state index contributed by atoms with van der Waals surface area (Å²) >= 11 is 0. The van der Waals surface area contributed by atoms with Gasteiger partial charge in [0.1, 0.15) is 18.3 Å². The Kier molecular flexibility index (Phi) is 7.89. The van der Waals surface area contributed by atoms with Gasteiger partial charge in [-0.05, 0) is 12.1 Å². The van der Waals surface area contributed by atoms with Crippen LogP contribution in [-0.4, -0.2) is 44.4 Å². The Morgan fingerprint density at radius 1 is 0.818 bits per heavy atom. The Morgan fingerprint density at radius 3 is 1.84 bits per heavy atom. The van der Waals surface area contributed by atoms with Gasteiger partial charge >= 0.3 is 17.7 Å². The van der Waals surface area contributed by atoms with Gasteiger partial charge in [-0.3, -0.25) is 10.1 Å². The molecule has 44 heavy (non-hydrogen) atoms. The molecule has 18 heteroatoms. The van der Waals surface area contributed by atoms with Crippen molar-refractivity contribution in [2.45, 2.75) is 12.8 Å². The first-order chi connectivity index (χ1) is 21.3. The summed E-state index contributed by atoms with van der Waals surface area (Å²) in [4.78, 5) is 26.5. The predicted octanol–water partition coefficient (Wildman–Crippen LogP) is 2.63. The van der Waals surface area contributed by atoms with E-state index >= 15 is 0 Å². The molecule has 6 rings (SSSR count). The van der Waals surface area contributed by atoms with Gasteiger partial charge in [-0.2, -0.15) is 40.1 Å². The van der Waals surface area contributed by atoms with Crippen LogP contribution in [0, 0.1) is 32.8 Å². The summed E-state index contributed by atoms with van der Waals surface area (Å²) in [6, 6.07) is 7.64. The maximum Gasteiger partial charge on any atom is 0.322 e. The molecule has 18 nitrogen and oxygen atoms in total. The molecule has 0 bridgehead atoms. The van der Waals surface area contributed by atoms with Crippen LogP contribution in [0.5, 0.6) is 0 Å². The number of nitrogens with zero attached hydrogens (tertiary/aromatic N) is 11. The molecule has 0 aromatic carbocycles. The third-order valence-corrected chi connectivity index (χ3v) is 5.93. The number of pyridine rings is 2. The van der Waals surface area contributed by atoms with Gasteiger partial charge in [-0.15, -0.1) is 0 Å². The van der Waals surface area contributed by atoms with E-state index in [0.29, 0.717) is 22.6 Å². The number of rotatable bonds is 7. The summed E-state index contributed by atoms with van der Waals surface area (Å²) in [6.07, 6.45) is 12.3. The summed E-state index contributed by atoms with van der Waals surface area (Å²) in [7, 11) is 0. The molecule has 6 N–H and O–H groups in total. The molecule has 0 unspecified atom stereocenters. The Morgan fingerprint density at radius 2 is 1.32 bits per heavy atom. The SMILES string of the molecule is N#CCc1coc(-n2cc(-c3ccnc(N)c3N)cn2)n1.N#CCc1coc(-n2cc(-c3ccnc(N)c3[N+](=O)[O-])cn2)n1. The monoisotopic (exact) mass is 592 g/mol. The molecule has 6 aromatic heterocycles. The maximum absolute atomic E-state index is 11.2. The number of nitrogen functional groups attached to an aromatic ring is 3. The van der Waals surface area contributed by atoms with Crippen LogP contribution in [0.3, 0.4) is 0 Å². The minimum absolute atomic E-state index is 0.115. The van der Waals surface area contributed by atoms with Crippen LogP contribution >= 0.6 is 0 Å². The molecule has 0 fully saturated rings. The van der Waals surface area contributed by atoms with Crippen LogP contribution in [0.15, 0.2) is 70.7 Å². The average Bonchev–Trinajstić information content (AvgIpc) is 3.82. The molecule has 218 valence electrons. The smallest absolute Gasteiger partial charge is 0.322 e. The van der Waals surface area contributed by atoms with Gasteiger partial charge in [0.15, 0.2) is 0 Å². The molecular weight excluding hydrogens is 572 g/mol. The van der Waals surface area contributed by atoms with Crippen molar-refractivity contribution in [3.8, 4) is 46.4 Å². The quantitative estimate of drug-likeness (QED) is 0.177. The van der Waals surface area contributed by atoms with Gasteiger partial charge in [0.2, 0.25) is 5.82 Å². The van der Waals surface area contributed by atoms with Crippen molar-refractivity contribution < 1.29 is 13.8 Å². The number of hydrogen-bond donors (Lipinski definition) is 3. The first-order valence-corrected chi connectivity index (χ1v) is 12.4. The van der Waals surface area contributed by atoms with E-state index in [4.69, 9.17) is 36.6 Å². The van der Waals surface area contributed by atoms with Gasteiger partial charge in [-0.1, -0.05) is 0 Å². The van der Waals surface area contributed by atoms with E-state index in [1.165, 1.54) is 46.5 Å². The predicted molar refractivity (Wildman–Crippen MR) is 152 cm³/mol.